The normalized spacial score (nSPS) is 12.0. The Bertz CT molecular complexity index is 1270. The average Bonchev–Trinajstić information content (AvgIpc) is 3.06. The third-order valence-electron chi connectivity index (χ3n) is 4.27. The summed E-state index contributed by atoms with van der Waals surface area (Å²) in [6.07, 6.45) is 2.90. The number of pyridine rings is 1. The van der Waals surface area contributed by atoms with Crippen molar-refractivity contribution in [3.63, 3.8) is 0 Å². The number of rotatable bonds is 3. The summed E-state index contributed by atoms with van der Waals surface area (Å²) in [4.78, 5) is 14.6. The maximum atomic E-state index is 13.2. The fraction of sp³-hybridized carbons (Fsp3) is 0.0556. The number of aliphatic hydroxyl groups is 1. The molecule has 0 saturated carbocycles. The Balaban J connectivity index is 2.04. The summed E-state index contributed by atoms with van der Waals surface area (Å²) in [6.45, 7) is -0.176. The summed E-state index contributed by atoms with van der Waals surface area (Å²) in [7, 11) is -3.91. The van der Waals surface area contributed by atoms with Gasteiger partial charge >= 0.3 is 0 Å². The van der Waals surface area contributed by atoms with Gasteiger partial charge in [0.25, 0.3) is 15.6 Å². The topological polar surface area (TPSA) is 92.2 Å². The van der Waals surface area contributed by atoms with Gasteiger partial charge in [0.1, 0.15) is 0 Å². The third-order valence-corrected chi connectivity index (χ3v) is 6.02. The van der Waals surface area contributed by atoms with E-state index in [0.29, 0.717) is 27.2 Å². The molecule has 4 rings (SSSR count). The zero-order valence-electron chi connectivity index (χ0n) is 13.0. The number of fused-ring (bicyclic) bond motifs is 2. The van der Waals surface area contributed by atoms with Crippen molar-refractivity contribution in [2.75, 3.05) is 0 Å². The highest BCUT2D eigenvalue weighted by molar-refractivity contribution is 7.90. The SMILES string of the molecule is O=c1[nH]ccc2c(S(=O)(=O)n3ccc4c(CO)cccc43)cccc12. The lowest BCUT2D eigenvalue weighted by Gasteiger charge is -2.10. The van der Waals surface area contributed by atoms with Crippen LogP contribution < -0.4 is 5.56 Å². The van der Waals surface area contributed by atoms with Crippen LogP contribution in [0.4, 0.5) is 0 Å². The highest BCUT2D eigenvalue weighted by Crippen LogP contribution is 2.28. The summed E-state index contributed by atoms with van der Waals surface area (Å²) in [5.74, 6) is 0. The van der Waals surface area contributed by atoms with Gasteiger partial charge in [0.15, 0.2) is 0 Å². The number of aromatic nitrogens is 2. The van der Waals surface area contributed by atoms with Crippen molar-refractivity contribution in [2.45, 2.75) is 11.5 Å². The summed E-state index contributed by atoms with van der Waals surface area (Å²) in [6, 6.07) is 13.0. The van der Waals surface area contributed by atoms with Crippen LogP contribution in [-0.4, -0.2) is 22.5 Å². The number of hydrogen-bond acceptors (Lipinski definition) is 4. The van der Waals surface area contributed by atoms with E-state index in [0.717, 1.165) is 0 Å². The van der Waals surface area contributed by atoms with Crippen molar-refractivity contribution in [3.05, 3.63) is 76.8 Å². The Morgan fingerprint density at radius 2 is 1.76 bits per heavy atom. The molecule has 2 N–H and O–H groups in total. The van der Waals surface area contributed by atoms with Gasteiger partial charge in [-0.15, -0.1) is 0 Å². The molecule has 0 bridgehead atoms. The second-order valence-electron chi connectivity index (χ2n) is 5.65. The maximum Gasteiger partial charge on any atom is 0.268 e. The molecule has 4 aromatic rings. The molecule has 6 nitrogen and oxygen atoms in total. The van der Waals surface area contributed by atoms with Crippen LogP contribution in [0.3, 0.4) is 0 Å². The van der Waals surface area contributed by atoms with Crippen molar-refractivity contribution in [1.82, 2.24) is 8.96 Å². The molecule has 25 heavy (non-hydrogen) atoms. The highest BCUT2D eigenvalue weighted by atomic mass is 32.2. The third kappa shape index (κ3) is 2.28. The van der Waals surface area contributed by atoms with Gasteiger partial charge in [-0.05, 0) is 35.9 Å². The van der Waals surface area contributed by atoms with Gasteiger partial charge in [0.2, 0.25) is 0 Å². The lowest BCUT2D eigenvalue weighted by molar-refractivity contribution is 0.283. The van der Waals surface area contributed by atoms with E-state index in [-0.39, 0.29) is 17.1 Å². The van der Waals surface area contributed by atoms with Crippen molar-refractivity contribution in [3.8, 4) is 0 Å². The Hall–Kier alpha value is -2.90. The van der Waals surface area contributed by atoms with Crippen LogP contribution in [0.2, 0.25) is 0 Å². The Morgan fingerprint density at radius 3 is 2.56 bits per heavy atom. The molecule has 0 saturated heterocycles. The second kappa shape index (κ2) is 5.58. The molecule has 0 fully saturated rings. The van der Waals surface area contributed by atoms with Gasteiger partial charge in [-0.25, -0.2) is 12.4 Å². The minimum Gasteiger partial charge on any atom is -0.392 e. The number of nitrogens with zero attached hydrogens (tertiary/aromatic N) is 1. The number of aliphatic hydroxyl groups excluding tert-OH is 1. The first-order chi connectivity index (χ1) is 12.0. The second-order valence-corrected chi connectivity index (χ2v) is 7.43. The molecule has 126 valence electrons. The number of H-pyrrole nitrogens is 1. The predicted molar refractivity (Wildman–Crippen MR) is 95.0 cm³/mol. The van der Waals surface area contributed by atoms with Gasteiger partial charge in [-0.1, -0.05) is 18.2 Å². The van der Waals surface area contributed by atoms with Gasteiger partial charge in [-0.2, -0.15) is 0 Å². The fourth-order valence-corrected chi connectivity index (χ4v) is 4.63. The molecular weight excluding hydrogens is 340 g/mol. The van der Waals surface area contributed by atoms with E-state index >= 15 is 0 Å². The molecule has 0 unspecified atom stereocenters. The van der Waals surface area contributed by atoms with Crippen molar-refractivity contribution in [2.24, 2.45) is 0 Å². The van der Waals surface area contributed by atoms with Gasteiger partial charge in [0.05, 0.1) is 17.0 Å². The number of aromatic amines is 1. The molecule has 0 atom stereocenters. The quantitative estimate of drug-likeness (QED) is 0.590. The molecule has 0 aliphatic rings. The lowest BCUT2D eigenvalue weighted by atomic mass is 10.1. The highest BCUT2D eigenvalue weighted by Gasteiger charge is 2.22. The Labute approximate surface area is 143 Å². The summed E-state index contributed by atoms with van der Waals surface area (Å²) in [5, 5.41) is 10.8. The van der Waals surface area contributed by atoms with Gasteiger partial charge < -0.3 is 10.1 Å². The van der Waals surface area contributed by atoms with Crippen molar-refractivity contribution < 1.29 is 13.5 Å². The summed E-state index contributed by atoms with van der Waals surface area (Å²) in [5.41, 5.74) is 0.795. The molecule has 0 aliphatic carbocycles. The van der Waals surface area contributed by atoms with E-state index in [1.165, 1.54) is 22.4 Å². The van der Waals surface area contributed by atoms with E-state index in [4.69, 9.17) is 0 Å². The standard InChI is InChI=1S/C18H14N2O4S/c21-11-12-3-1-5-16-13(12)8-10-20(16)25(23,24)17-6-2-4-15-14(17)7-9-19-18(15)22/h1-10,21H,11H2,(H,19,22). The van der Waals surface area contributed by atoms with Crippen LogP contribution in [0, 0.1) is 0 Å². The van der Waals surface area contributed by atoms with E-state index in [9.17, 15) is 18.3 Å². The van der Waals surface area contributed by atoms with Crippen LogP contribution in [0.15, 0.2) is 70.6 Å². The molecule has 0 spiro atoms. The first kappa shape index (κ1) is 15.6. The zero-order valence-corrected chi connectivity index (χ0v) is 13.8. The minimum absolute atomic E-state index is 0.0583. The molecule has 2 heterocycles. The average molecular weight is 354 g/mol. The van der Waals surface area contributed by atoms with Crippen molar-refractivity contribution in [1.29, 1.82) is 0 Å². The van der Waals surface area contributed by atoms with E-state index in [1.54, 1.807) is 42.5 Å². The van der Waals surface area contributed by atoms with Crippen LogP contribution in [0.1, 0.15) is 5.56 Å². The molecule has 2 aromatic carbocycles. The maximum absolute atomic E-state index is 13.2. The molecule has 0 radical (unpaired) electrons. The van der Waals surface area contributed by atoms with Gasteiger partial charge in [0, 0.05) is 28.6 Å². The van der Waals surface area contributed by atoms with Gasteiger partial charge in [-0.3, -0.25) is 4.79 Å². The first-order valence-corrected chi connectivity index (χ1v) is 9.04. The smallest absolute Gasteiger partial charge is 0.268 e. The largest absolute Gasteiger partial charge is 0.392 e. The number of hydrogen-bond donors (Lipinski definition) is 2. The predicted octanol–water partition coefficient (Wildman–Crippen LogP) is 2.21. The molecule has 7 heteroatoms. The summed E-state index contributed by atoms with van der Waals surface area (Å²) < 4.78 is 27.6. The molecule has 0 amide bonds. The monoisotopic (exact) mass is 354 g/mol. The number of nitrogens with one attached hydrogen (secondary N) is 1. The van der Waals surface area contributed by atoms with Crippen LogP contribution in [0.25, 0.3) is 21.7 Å². The fourth-order valence-electron chi connectivity index (χ4n) is 3.08. The van der Waals surface area contributed by atoms with Crippen LogP contribution in [0.5, 0.6) is 0 Å². The van der Waals surface area contributed by atoms with E-state index in [1.807, 2.05) is 0 Å². The van der Waals surface area contributed by atoms with Crippen LogP contribution in [-0.2, 0) is 16.6 Å². The van der Waals surface area contributed by atoms with Crippen LogP contribution >= 0.6 is 0 Å². The minimum atomic E-state index is -3.91. The first-order valence-electron chi connectivity index (χ1n) is 7.60. The molecule has 2 aromatic heterocycles. The molecule has 0 aliphatic heterocycles. The van der Waals surface area contributed by atoms with Crippen molar-refractivity contribution >= 4 is 31.7 Å². The van der Waals surface area contributed by atoms with E-state index < -0.39 is 10.0 Å². The number of benzene rings is 2. The Morgan fingerprint density at radius 1 is 0.960 bits per heavy atom. The summed E-state index contributed by atoms with van der Waals surface area (Å²) >= 11 is 0. The zero-order chi connectivity index (χ0) is 17.6. The molecular formula is C18H14N2O4S. The lowest BCUT2D eigenvalue weighted by Crippen LogP contribution is -2.14. The Kier molecular flexibility index (Phi) is 3.48. The van der Waals surface area contributed by atoms with E-state index in [2.05, 4.69) is 4.98 Å².